The molecule has 4 aromatic rings. The molecule has 0 unspecified atom stereocenters. The highest BCUT2D eigenvalue weighted by Gasteiger charge is 2.39. The number of aromatic nitrogens is 3. The third-order valence-corrected chi connectivity index (χ3v) is 7.48. The highest BCUT2D eigenvalue weighted by molar-refractivity contribution is 5.91. The van der Waals surface area contributed by atoms with Gasteiger partial charge < -0.3 is 25.3 Å². The van der Waals surface area contributed by atoms with E-state index in [9.17, 15) is 22.7 Å². The molecule has 2 aromatic heterocycles. The number of nitrogens with zero attached hydrogens (tertiary/aromatic N) is 5. The molecular formula is C30H29F5N6O3. The minimum atomic E-state index is -5.08. The lowest BCUT2D eigenvalue weighted by Gasteiger charge is -2.27. The number of aliphatic carboxylic acids is 1. The first-order chi connectivity index (χ1) is 20.9. The number of carbonyl (C=O) groups is 1. The minimum absolute atomic E-state index is 0.0463. The fourth-order valence-corrected chi connectivity index (χ4v) is 5.50. The SMILES string of the molecule is CC[C@@H](Nc1nc(N2Cc3cccnc3N3C[C@H](O)C[C@H]3C2)nc2cccc(F)c12)c1cccc(F)c1.O=C(O)C(F)(F)F. The molecule has 0 radical (unpaired) electrons. The molecule has 6 rings (SSSR count). The normalized spacial score (nSPS) is 18.5. The average molecular weight is 617 g/mol. The maximum atomic E-state index is 15.1. The summed E-state index contributed by atoms with van der Waals surface area (Å²) in [5.74, 6) is -1.80. The van der Waals surface area contributed by atoms with Crippen molar-refractivity contribution in [3.8, 4) is 0 Å². The number of carboxylic acids is 1. The molecule has 0 aliphatic carbocycles. The van der Waals surface area contributed by atoms with Crippen LogP contribution < -0.4 is 15.1 Å². The number of hydrogen-bond acceptors (Lipinski definition) is 8. The summed E-state index contributed by atoms with van der Waals surface area (Å²) in [7, 11) is 0. The number of aliphatic hydroxyl groups is 1. The topological polar surface area (TPSA) is 115 Å². The molecule has 2 aromatic carbocycles. The predicted molar refractivity (Wildman–Crippen MR) is 153 cm³/mol. The van der Waals surface area contributed by atoms with Crippen molar-refractivity contribution in [3.05, 3.63) is 83.6 Å². The summed E-state index contributed by atoms with van der Waals surface area (Å²) in [6, 6.07) is 14.9. The second-order valence-electron chi connectivity index (χ2n) is 10.5. The number of pyridine rings is 1. The molecule has 1 fully saturated rings. The molecule has 1 saturated heterocycles. The maximum Gasteiger partial charge on any atom is 0.490 e. The molecule has 9 nitrogen and oxygen atoms in total. The summed E-state index contributed by atoms with van der Waals surface area (Å²) < 4.78 is 60.8. The molecule has 3 atom stereocenters. The Kier molecular flexibility index (Phi) is 8.81. The molecule has 2 aliphatic rings. The van der Waals surface area contributed by atoms with Crippen LogP contribution in [0.5, 0.6) is 0 Å². The van der Waals surface area contributed by atoms with E-state index in [1.807, 2.05) is 25.1 Å². The number of fused-ring (bicyclic) bond motifs is 4. The van der Waals surface area contributed by atoms with E-state index < -0.39 is 24.1 Å². The van der Waals surface area contributed by atoms with Gasteiger partial charge in [-0.05, 0) is 48.7 Å². The number of anilines is 3. The Hall–Kier alpha value is -4.59. The molecule has 44 heavy (non-hydrogen) atoms. The van der Waals surface area contributed by atoms with Gasteiger partial charge in [0.25, 0.3) is 0 Å². The Bertz CT molecular complexity index is 1660. The first-order valence-corrected chi connectivity index (χ1v) is 13.9. The highest BCUT2D eigenvalue weighted by Crippen LogP contribution is 2.35. The van der Waals surface area contributed by atoms with Crippen LogP contribution in [0.2, 0.25) is 0 Å². The molecule has 2 aliphatic heterocycles. The van der Waals surface area contributed by atoms with E-state index in [-0.39, 0.29) is 17.9 Å². The Morgan fingerprint density at radius 3 is 2.55 bits per heavy atom. The van der Waals surface area contributed by atoms with Gasteiger partial charge in [-0.15, -0.1) is 0 Å². The zero-order valence-electron chi connectivity index (χ0n) is 23.5. The van der Waals surface area contributed by atoms with Crippen molar-refractivity contribution in [1.82, 2.24) is 15.0 Å². The molecule has 0 bridgehead atoms. The van der Waals surface area contributed by atoms with Crippen LogP contribution in [0.15, 0.2) is 60.8 Å². The van der Waals surface area contributed by atoms with Gasteiger partial charge in [0.05, 0.1) is 29.1 Å². The zero-order chi connectivity index (χ0) is 31.6. The van der Waals surface area contributed by atoms with Crippen LogP contribution in [-0.2, 0) is 11.3 Å². The van der Waals surface area contributed by atoms with Gasteiger partial charge in [-0.1, -0.05) is 31.2 Å². The van der Waals surface area contributed by atoms with E-state index in [0.29, 0.717) is 55.1 Å². The Balaban J connectivity index is 0.000000493. The zero-order valence-corrected chi connectivity index (χ0v) is 23.5. The number of aliphatic hydroxyl groups excluding tert-OH is 1. The molecule has 14 heteroatoms. The summed E-state index contributed by atoms with van der Waals surface area (Å²) in [5, 5.41) is 21.2. The van der Waals surface area contributed by atoms with Crippen molar-refractivity contribution in [2.24, 2.45) is 0 Å². The van der Waals surface area contributed by atoms with E-state index >= 15 is 4.39 Å². The summed E-state index contributed by atoms with van der Waals surface area (Å²) in [6.45, 7) is 3.65. The Morgan fingerprint density at radius 1 is 1.09 bits per heavy atom. The lowest BCUT2D eigenvalue weighted by atomic mass is 10.0. The lowest BCUT2D eigenvalue weighted by Crippen LogP contribution is -2.38. The van der Waals surface area contributed by atoms with E-state index in [4.69, 9.17) is 19.9 Å². The number of hydrogen-bond donors (Lipinski definition) is 3. The molecular weight excluding hydrogens is 587 g/mol. The number of halogens is 5. The molecule has 3 N–H and O–H groups in total. The van der Waals surface area contributed by atoms with Gasteiger partial charge in [-0.3, -0.25) is 0 Å². The van der Waals surface area contributed by atoms with Gasteiger partial charge in [0.2, 0.25) is 5.95 Å². The monoisotopic (exact) mass is 616 g/mol. The first-order valence-electron chi connectivity index (χ1n) is 13.9. The minimum Gasteiger partial charge on any atom is -0.475 e. The molecule has 0 spiro atoms. The second kappa shape index (κ2) is 12.6. The van der Waals surface area contributed by atoms with Crippen LogP contribution in [0, 0.1) is 11.6 Å². The fourth-order valence-electron chi connectivity index (χ4n) is 5.50. The van der Waals surface area contributed by atoms with Gasteiger partial charge in [-0.25, -0.2) is 23.5 Å². The van der Waals surface area contributed by atoms with E-state index in [1.165, 1.54) is 18.2 Å². The summed E-state index contributed by atoms with van der Waals surface area (Å²) in [6.07, 6.45) is -2.47. The lowest BCUT2D eigenvalue weighted by molar-refractivity contribution is -0.192. The molecule has 232 valence electrons. The smallest absolute Gasteiger partial charge is 0.475 e. The van der Waals surface area contributed by atoms with Gasteiger partial charge in [0.15, 0.2) is 0 Å². The standard InChI is InChI=1S/C28H28F2N6O.C2HF3O2/c1-2-23(17-6-3-8-19(29)12-17)32-26-25-22(30)9-4-10-24(25)33-28(34-26)35-14-18-7-5-11-31-27(18)36-16-21(37)13-20(36)15-35;3-2(4,5)1(6)7/h3-12,20-21,23,37H,2,13-16H2,1H3,(H,32,33,34);(H,6,7)/t20-,21+,23+;/m0./s1. The molecule has 4 heterocycles. The van der Waals surface area contributed by atoms with Gasteiger partial charge in [0.1, 0.15) is 23.3 Å². The van der Waals surface area contributed by atoms with E-state index in [1.54, 1.807) is 24.4 Å². The highest BCUT2D eigenvalue weighted by atomic mass is 19.4. The Morgan fingerprint density at radius 2 is 1.84 bits per heavy atom. The third-order valence-electron chi connectivity index (χ3n) is 7.48. The van der Waals surface area contributed by atoms with Crippen molar-refractivity contribution in [2.75, 3.05) is 28.2 Å². The number of rotatable bonds is 5. The summed E-state index contributed by atoms with van der Waals surface area (Å²) in [4.78, 5) is 27.3. The first kappa shape index (κ1) is 30.9. The van der Waals surface area contributed by atoms with Crippen molar-refractivity contribution in [3.63, 3.8) is 0 Å². The van der Waals surface area contributed by atoms with Crippen LogP contribution >= 0.6 is 0 Å². The fraction of sp³-hybridized carbons (Fsp3) is 0.333. The molecule has 0 amide bonds. The quantitative estimate of drug-likeness (QED) is 0.252. The van der Waals surface area contributed by atoms with Crippen molar-refractivity contribution >= 4 is 34.5 Å². The van der Waals surface area contributed by atoms with Crippen molar-refractivity contribution < 1.29 is 37.0 Å². The van der Waals surface area contributed by atoms with Gasteiger partial charge in [-0.2, -0.15) is 18.2 Å². The summed E-state index contributed by atoms with van der Waals surface area (Å²) >= 11 is 0. The van der Waals surface area contributed by atoms with Gasteiger partial charge in [0, 0.05) is 31.4 Å². The Labute approximate surface area is 249 Å². The number of alkyl halides is 3. The van der Waals surface area contributed by atoms with Crippen LogP contribution in [0.1, 0.15) is 36.9 Å². The van der Waals surface area contributed by atoms with E-state index in [0.717, 1.165) is 16.9 Å². The average Bonchev–Trinajstić information content (AvgIpc) is 3.27. The van der Waals surface area contributed by atoms with Crippen LogP contribution in [0.4, 0.5) is 39.5 Å². The maximum absolute atomic E-state index is 15.1. The third kappa shape index (κ3) is 6.64. The van der Waals surface area contributed by atoms with Crippen LogP contribution in [0.3, 0.4) is 0 Å². The largest absolute Gasteiger partial charge is 0.490 e. The molecule has 0 saturated carbocycles. The number of carboxylic acid groups (broad SMARTS) is 1. The van der Waals surface area contributed by atoms with E-state index in [2.05, 4.69) is 20.1 Å². The van der Waals surface area contributed by atoms with Gasteiger partial charge >= 0.3 is 12.1 Å². The van der Waals surface area contributed by atoms with Crippen molar-refractivity contribution in [1.29, 1.82) is 0 Å². The second-order valence-corrected chi connectivity index (χ2v) is 10.5. The van der Waals surface area contributed by atoms with Crippen molar-refractivity contribution in [2.45, 2.75) is 50.7 Å². The van der Waals surface area contributed by atoms with Crippen LogP contribution in [0.25, 0.3) is 10.9 Å². The summed E-state index contributed by atoms with van der Waals surface area (Å²) in [5.41, 5.74) is 2.26. The van der Waals surface area contributed by atoms with Crippen LogP contribution in [-0.4, -0.2) is 62.5 Å². The predicted octanol–water partition coefficient (Wildman–Crippen LogP) is 5.46. The number of nitrogens with one attached hydrogen (secondary N) is 1. The number of benzene rings is 2.